The lowest BCUT2D eigenvalue weighted by molar-refractivity contribution is 1.12. The number of nitrogens with one attached hydrogen (secondary N) is 1. The van der Waals surface area contributed by atoms with Gasteiger partial charge in [0.15, 0.2) is 0 Å². The molecule has 12 heavy (non-hydrogen) atoms. The Kier molecular flexibility index (Phi) is 1.50. The van der Waals surface area contributed by atoms with Crippen molar-refractivity contribution < 1.29 is 0 Å². The molecule has 0 spiro atoms. The number of aromatic nitrogens is 2. The third-order valence-electron chi connectivity index (χ3n) is 1.94. The molecule has 0 aliphatic rings. The third-order valence-corrected chi connectivity index (χ3v) is 1.94. The van der Waals surface area contributed by atoms with Crippen LogP contribution in [0.25, 0.3) is 10.9 Å². The van der Waals surface area contributed by atoms with Crippen molar-refractivity contribution in [1.82, 2.24) is 10.2 Å². The molecular formula is C9H11N3. The van der Waals surface area contributed by atoms with Crippen LogP contribution in [-0.2, 0) is 0 Å². The van der Waals surface area contributed by atoms with E-state index < -0.39 is 0 Å². The molecule has 0 saturated carbocycles. The van der Waals surface area contributed by atoms with Crippen molar-refractivity contribution in [1.29, 1.82) is 0 Å². The summed E-state index contributed by atoms with van der Waals surface area (Å²) in [6.07, 6.45) is 1.85. The van der Waals surface area contributed by atoms with E-state index in [-0.39, 0.29) is 0 Å². The topological polar surface area (TPSA) is 31.9 Å². The molecule has 0 aliphatic carbocycles. The Hall–Kier alpha value is -1.51. The summed E-state index contributed by atoms with van der Waals surface area (Å²) in [4.78, 5) is 2.08. The van der Waals surface area contributed by atoms with Crippen LogP contribution < -0.4 is 4.90 Å². The van der Waals surface area contributed by atoms with E-state index >= 15 is 0 Å². The summed E-state index contributed by atoms with van der Waals surface area (Å²) in [6.45, 7) is 0. The zero-order chi connectivity index (χ0) is 8.55. The number of H-pyrrole nitrogens is 1. The van der Waals surface area contributed by atoms with Gasteiger partial charge in [0.05, 0.1) is 11.7 Å². The lowest BCUT2D eigenvalue weighted by atomic mass is 10.2. The summed E-state index contributed by atoms with van der Waals surface area (Å²) in [7, 11) is 4.06. The molecule has 0 bridgehead atoms. The van der Waals surface area contributed by atoms with Crippen LogP contribution in [0.4, 0.5) is 5.69 Å². The molecular weight excluding hydrogens is 150 g/mol. The molecule has 0 unspecified atom stereocenters. The fourth-order valence-corrected chi connectivity index (χ4v) is 1.34. The largest absolute Gasteiger partial charge is 0.377 e. The normalized spacial score (nSPS) is 10.5. The van der Waals surface area contributed by atoms with Gasteiger partial charge in [-0.15, -0.1) is 0 Å². The van der Waals surface area contributed by atoms with E-state index in [1.807, 2.05) is 32.4 Å². The highest BCUT2D eigenvalue weighted by atomic mass is 15.1. The Bertz CT molecular complexity index is 389. The zero-order valence-corrected chi connectivity index (χ0v) is 7.20. The summed E-state index contributed by atoms with van der Waals surface area (Å²) in [5.41, 5.74) is 2.28. The second-order valence-corrected chi connectivity index (χ2v) is 3.00. The molecule has 0 radical (unpaired) electrons. The molecule has 62 valence electrons. The first-order valence-electron chi connectivity index (χ1n) is 3.88. The maximum atomic E-state index is 3.99. The molecule has 2 aromatic rings. The zero-order valence-electron chi connectivity index (χ0n) is 7.20. The Morgan fingerprint density at radius 1 is 1.33 bits per heavy atom. The maximum Gasteiger partial charge on any atom is 0.0671 e. The van der Waals surface area contributed by atoms with Crippen molar-refractivity contribution in [2.75, 3.05) is 19.0 Å². The van der Waals surface area contributed by atoms with Crippen molar-refractivity contribution in [3.63, 3.8) is 0 Å². The highest BCUT2D eigenvalue weighted by Crippen LogP contribution is 2.22. The number of nitrogens with zero attached hydrogens (tertiary/aromatic N) is 2. The van der Waals surface area contributed by atoms with E-state index in [4.69, 9.17) is 0 Å². The Balaban J connectivity index is 2.73. The molecule has 1 aromatic carbocycles. The molecule has 3 heteroatoms. The van der Waals surface area contributed by atoms with E-state index in [2.05, 4.69) is 21.2 Å². The second kappa shape index (κ2) is 2.52. The lowest BCUT2D eigenvalue weighted by Gasteiger charge is -2.12. The van der Waals surface area contributed by atoms with Crippen molar-refractivity contribution in [3.05, 3.63) is 24.4 Å². The van der Waals surface area contributed by atoms with Gasteiger partial charge in [0.25, 0.3) is 0 Å². The summed E-state index contributed by atoms with van der Waals surface area (Å²) in [6, 6.07) is 6.13. The highest BCUT2D eigenvalue weighted by molar-refractivity contribution is 5.91. The number of hydrogen-bond acceptors (Lipinski definition) is 2. The molecule has 1 aromatic heterocycles. The van der Waals surface area contributed by atoms with Gasteiger partial charge in [0, 0.05) is 25.2 Å². The van der Waals surface area contributed by atoms with Crippen LogP contribution in [0.1, 0.15) is 0 Å². The van der Waals surface area contributed by atoms with Gasteiger partial charge >= 0.3 is 0 Å². The van der Waals surface area contributed by atoms with Gasteiger partial charge in [-0.2, -0.15) is 5.10 Å². The van der Waals surface area contributed by atoms with Crippen molar-refractivity contribution >= 4 is 16.6 Å². The first-order chi connectivity index (χ1) is 5.79. The number of aromatic amines is 1. The van der Waals surface area contributed by atoms with Gasteiger partial charge in [-0.1, -0.05) is 6.07 Å². The van der Waals surface area contributed by atoms with Crippen molar-refractivity contribution in [2.24, 2.45) is 0 Å². The van der Waals surface area contributed by atoms with E-state index in [0.29, 0.717) is 0 Å². The number of fused-ring (bicyclic) bond motifs is 1. The monoisotopic (exact) mass is 161 g/mol. The third kappa shape index (κ3) is 0.942. The Morgan fingerprint density at radius 3 is 2.92 bits per heavy atom. The second-order valence-electron chi connectivity index (χ2n) is 3.00. The smallest absolute Gasteiger partial charge is 0.0671 e. The quantitative estimate of drug-likeness (QED) is 0.689. The predicted octanol–water partition coefficient (Wildman–Crippen LogP) is 1.63. The van der Waals surface area contributed by atoms with Crippen LogP contribution in [0.3, 0.4) is 0 Å². The van der Waals surface area contributed by atoms with E-state index in [0.717, 1.165) is 5.52 Å². The first-order valence-corrected chi connectivity index (χ1v) is 3.88. The minimum absolute atomic E-state index is 1.08. The van der Waals surface area contributed by atoms with Crippen LogP contribution in [0.15, 0.2) is 24.4 Å². The molecule has 2 rings (SSSR count). The van der Waals surface area contributed by atoms with Gasteiger partial charge < -0.3 is 4.90 Å². The number of hydrogen-bond donors (Lipinski definition) is 1. The van der Waals surface area contributed by atoms with Crippen LogP contribution in [0, 0.1) is 0 Å². The summed E-state index contributed by atoms with van der Waals surface area (Å²) >= 11 is 0. The molecule has 3 nitrogen and oxygen atoms in total. The predicted molar refractivity (Wildman–Crippen MR) is 50.4 cm³/mol. The molecule has 0 aliphatic heterocycles. The van der Waals surface area contributed by atoms with Crippen LogP contribution in [-0.4, -0.2) is 24.3 Å². The maximum absolute atomic E-state index is 3.99. The van der Waals surface area contributed by atoms with E-state index in [9.17, 15) is 0 Å². The number of rotatable bonds is 1. The average Bonchev–Trinajstić information content (AvgIpc) is 2.49. The van der Waals surface area contributed by atoms with E-state index in [1.54, 1.807) is 0 Å². The highest BCUT2D eigenvalue weighted by Gasteiger charge is 2.02. The molecule has 1 heterocycles. The van der Waals surface area contributed by atoms with Crippen molar-refractivity contribution in [2.45, 2.75) is 0 Å². The van der Waals surface area contributed by atoms with Crippen LogP contribution in [0.5, 0.6) is 0 Å². The Labute approximate surface area is 71.0 Å². The SMILES string of the molecule is CN(C)c1cccc2[nH]ncc12. The van der Waals surface area contributed by atoms with Crippen LogP contribution >= 0.6 is 0 Å². The van der Waals surface area contributed by atoms with Crippen molar-refractivity contribution in [3.8, 4) is 0 Å². The number of anilines is 1. The standard InChI is InChI=1S/C9H11N3/c1-12(2)9-5-3-4-8-7(9)6-10-11-8/h3-6H,1-2H3,(H,10,11). The first kappa shape index (κ1) is 7.16. The van der Waals surface area contributed by atoms with E-state index in [1.165, 1.54) is 11.1 Å². The van der Waals surface area contributed by atoms with Gasteiger partial charge in [-0.05, 0) is 12.1 Å². The Morgan fingerprint density at radius 2 is 2.17 bits per heavy atom. The van der Waals surface area contributed by atoms with Gasteiger partial charge in [0.1, 0.15) is 0 Å². The summed E-state index contributed by atoms with van der Waals surface area (Å²) in [5.74, 6) is 0. The molecule has 1 N–H and O–H groups in total. The van der Waals surface area contributed by atoms with Crippen LogP contribution in [0.2, 0.25) is 0 Å². The average molecular weight is 161 g/mol. The lowest BCUT2D eigenvalue weighted by Crippen LogP contribution is -2.08. The number of benzene rings is 1. The molecule has 0 atom stereocenters. The fraction of sp³-hybridized carbons (Fsp3) is 0.222. The molecule has 0 amide bonds. The van der Waals surface area contributed by atoms with Gasteiger partial charge in [0.2, 0.25) is 0 Å². The fourth-order valence-electron chi connectivity index (χ4n) is 1.34. The molecule has 0 fully saturated rings. The minimum Gasteiger partial charge on any atom is -0.377 e. The minimum atomic E-state index is 1.08. The summed E-state index contributed by atoms with van der Waals surface area (Å²) < 4.78 is 0. The van der Waals surface area contributed by atoms with Gasteiger partial charge in [-0.25, -0.2) is 0 Å². The van der Waals surface area contributed by atoms with Gasteiger partial charge in [-0.3, -0.25) is 5.10 Å². The molecule has 0 saturated heterocycles. The summed E-state index contributed by atoms with van der Waals surface area (Å²) in [5, 5.41) is 8.10.